The minimum Gasteiger partial charge on any atom is -0.388 e. The molecule has 0 heterocycles. The Bertz CT molecular complexity index is 568. The van der Waals surface area contributed by atoms with E-state index in [2.05, 4.69) is 0 Å². The van der Waals surface area contributed by atoms with Crippen LogP contribution < -0.4 is 5.73 Å². The van der Waals surface area contributed by atoms with E-state index < -0.39 is 24.7 Å². The van der Waals surface area contributed by atoms with E-state index in [1.165, 1.54) is 0 Å². The number of rotatable bonds is 3. The maximum Gasteiger partial charge on any atom is 0.403 e. The Morgan fingerprint density at radius 2 is 1.65 bits per heavy atom. The van der Waals surface area contributed by atoms with Crippen molar-refractivity contribution in [1.82, 2.24) is 0 Å². The first-order valence-corrected chi connectivity index (χ1v) is 5.87. The van der Waals surface area contributed by atoms with Crippen LogP contribution in [-0.4, -0.2) is 17.3 Å². The monoisotopic (exact) mass is 305 g/mol. The van der Waals surface area contributed by atoms with Gasteiger partial charge in [0.05, 0.1) is 6.10 Å². The molecular formula is C14H15ClF3NO. The van der Waals surface area contributed by atoms with E-state index in [-0.39, 0.29) is 12.4 Å². The zero-order chi connectivity index (χ0) is 14.0. The van der Waals surface area contributed by atoms with Crippen molar-refractivity contribution < 1.29 is 18.3 Å². The van der Waals surface area contributed by atoms with Gasteiger partial charge in [-0.15, -0.1) is 12.4 Å². The van der Waals surface area contributed by atoms with Gasteiger partial charge in [0.15, 0.2) is 0 Å². The highest BCUT2D eigenvalue weighted by Crippen LogP contribution is 2.30. The second-order valence-electron chi connectivity index (χ2n) is 4.47. The Balaban J connectivity index is 0.00000200. The Morgan fingerprint density at radius 1 is 1.05 bits per heavy atom. The molecule has 110 valence electrons. The molecule has 6 heteroatoms. The summed E-state index contributed by atoms with van der Waals surface area (Å²) in [6, 6.07) is 10.4. The fourth-order valence-corrected chi connectivity index (χ4v) is 2.04. The first-order chi connectivity index (χ1) is 8.89. The molecule has 2 atom stereocenters. The Kier molecular flexibility index (Phi) is 5.39. The molecule has 0 radical (unpaired) electrons. The van der Waals surface area contributed by atoms with Crippen LogP contribution in [-0.2, 0) is 0 Å². The summed E-state index contributed by atoms with van der Waals surface area (Å²) in [4.78, 5) is 0. The Hall–Kier alpha value is -1.30. The van der Waals surface area contributed by atoms with Crippen molar-refractivity contribution in [1.29, 1.82) is 0 Å². The van der Waals surface area contributed by atoms with Gasteiger partial charge in [-0.25, -0.2) is 0 Å². The lowest BCUT2D eigenvalue weighted by molar-refractivity contribution is -0.153. The van der Waals surface area contributed by atoms with Gasteiger partial charge in [-0.2, -0.15) is 13.2 Å². The summed E-state index contributed by atoms with van der Waals surface area (Å²) in [7, 11) is 0. The molecule has 0 saturated carbocycles. The van der Waals surface area contributed by atoms with Gasteiger partial charge in [0.1, 0.15) is 6.04 Å². The minimum atomic E-state index is -4.49. The van der Waals surface area contributed by atoms with Crippen molar-refractivity contribution in [2.24, 2.45) is 5.73 Å². The summed E-state index contributed by atoms with van der Waals surface area (Å²) >= 11 is 0. The number of hydrogen-bond donors (Lipinski definition) is 2. The van der Waals surface area contributed by atoms with Crippen LogP contribution >= 0.6 is 12.4 Å². The number of halogens is 4. The fourth-order valence-electron chi connectivity index (χ4n) is 2.04. The molecule has 2 rings (SSSR count). The third-order valence-electron chi connectivity index (χ3n) is 3.08. The number of benzene rings is 2. The summed E-state index contributed by atoms with van der Waals surface area (Å²) < 4.78 is 37.2. The Labute approximate surface area is 120 Å². The highest BCUT2D eigenvalue weighted by atomic mass is 35.5. The number of alkyl halides is 3. The molecule has 2 nitrogen and oxygen atoms in total. The van der Waals surface area contributed by atoms with Crippen LogP contribution in [0.2, 0.25) is 0 Å². The molecule has 0 aromatic heterocycles. The molecule has 0 saturated heterocycles. The van der Waals surface area contributed by atoms with E-state index in [9.17, 15) is 18.3 Å². The zero-order valence-corrected chi connectivity index (χ0v) is 11.3. The van der Waals surface area contributed by atoms with Crippen LogP contribution in [0.25, 0.3) is 10.8 Å². The summed E-state index contributed by atoms with van der Waals surface area (Å²) in [5.74, 6) is 0. The minimum absolute atomic E-state index is 0. The smallest absolute Gasteiger partial charge is 0.388 e. The number of aliphatic hydroxyl groups is 1. The van der Waals surface area contributed by atoms with Gasteiger partial charge >= 0.3 is 6.18 Å². The van der Waals surface area contributed by atoms with Crippen molar-refractivity contribution in [3.8, 4) is 0 Å². The molecule has 0 unspecified atom stereocenters. The normalized spacial score (nSPS) is 14.7. The number of nitrogens with two attached hydrogens (primary N) is 1. The van der Waals surface area contributed by atoms with Crippen molar-refractivity contribution in [2.75, 3.05) is 0 Å². The largest absolute Gasteiger partial charge is 0.403 e. The summed E-state index contributed by atoms with van der Waals surface area (Å²) in [6.07, 6.45) is -6.27. The lowest BCUT2D eigenvalue weighted by Crippen LogP contribution is -2.38. The van der Waals surface area contributed by atoms with Crippen molar-refractivity contribution >= 4 is 23.2 Å². The van der Waals surface area contributed by atoms with E-state index in [0.717, 1.165) is 10.8 Å². The zero-order valence-electron chi connectivity index (χ0n) is 10.5. The van der Waals surface area contributed by atoms with Crippen LogP contribution in [0.1, 0.15) is 18.1 Å². The highest BCUT2D eigenvalue weighted by molar-refractivity contribution is 5.86. The van der Waals surface area contributed by atoms with Crippen LogP contribution in [0.3, 0.4) is 0 Å². The lowest BCUT2D eigenvalue weighted by atomic mass is 9.96. The van der Waals surface area contributed by atoms with Gasteiger partial charge in [-0.3, -0.25) is 0 Å². The molecule has 20 heavy (non-hydrogen) atoms. The molecule has 0 fully saturated rings. The van der Waals surface area contributed by atoms with Crippen LogP contribution in [0, 0.1) is 0 Å². The van der Waals surface area contributed by atoms with E-state index in [0.29, 0.717) is 5.56 Å². The van der Waals surface area contributed by atoms with Gasteiger partial charge in [-0.05, 0) is 16.3 Å². The van der Waals surface area contributed by atoms with Gasteiger partial charge in [0, 0.05) is 6.42 Å². The van der Waals surface area contributed by atoms with E-state index in [1.54, 1.807) is 24.3 Å². The van der Waals surface area contributed by atoms with E-state index >= 15 is 0 Å². The third-order valence-corrected chi connectivity index (χ3v) is 3.08. The van der Waals surface area contributed by atoms with Crippen molar-refractivity contribution in [3.63, 3.8) is 0 Å². The van der Waals surface area contributed by atoms with E-state index in [4.69, 9.17) is 5.73 Å². The molecule has 3 N–H and O–H groups in total. The van der Waals surface area contributed by atoms with Crippen molar-refractivity contribution in [2.45, 2.75) is 24.7 Å². The molecule has 0 aliphatic heterocycles. The van der Waals surface area contributed by atoms with Gasteiger partial charge in [-0.1, -0.05) is 42.5 Å². The number of hydrogen-bond acceptors (Lipinski definition) is 2. The van der Waals surface area contributed by atoms with Crippen LogP contribution in [0.15, 0.2) is 42.5 Å². The van der Waals surface area contributed by atoms with Gasteiger partial charge in [0.25, 0.3) is 0 Å². The van der Waals surface area contributed by atoms with Crippen LogP contribution in [0.4, 0.5) is 13.2 Å². The second kappa shape index (κ2) is 6.43. The molecule has 0 bridgehead atoms. The van der Waals surface area contributed by atoms with Gasteiger partial charge in [0.2, 0.25) is 0 Å². The highest BCUT2D eigenvalue weighted by Gasteiger charge is 2.38. The van der Waals surface area contributed by atoms with Crippen molar-refractivity contribution in [3.05, 3.63) is 48.0 Å². The topological polar surface area (TPSA) is 46.2 Å². The van der Waals surface area contributed by atoms with Gasteiger partial charge < -0.3 is 10.8 Å². The molecule has 2 aromatic rings. The third kappa shape index (κ3) is 3.62. The summed E-state index contributed by atoms with van der Waals surface area (Å²) in [5, 5.41) is 11.6. The average Bonchev–Trinajstić information content (AvgIpc) is 2.36. The first-order valence-electron chi connectivity index (χ1n) is 5.87. The quantitative estimate of drug-likeness (QED) is 0.910. The molecular weight excluding hydrogens is 291 g/mol. The average molecular weight is 306 g/mol. The van der Waals surface area contributed by atoms with E-state index in [1.807, 2.05) is 18.2 Å². The standard InChI is InChI=1S/C14H14F3NO.ClH/c15-14(16,17)13(18)8-12(19)11-7-3-5-9-4-1-2-6-10(9)11;/h1-7,12-13,19H,8,18H2;1H/t12-,13+;/m1./s1. The molecule has 0 spiro atoms. The summed E-state index contributed by atoms with van der Waals surface area (Å²) in [6.45, 7) is 0. The molecule has 0 aliphatic rings. The lowest BCUT2D eigenvalue weighted by Gasteiger charge is -2.20. The number of aliphatic hydroxyl groups excluding tert-OH is 1. The maximum atomic E-state index is 12.4. The summed E-state index contributed by atoms with van der Waals surface area (Å²) in [5.41, 5.74) is 5.52. The first kappa shape index (κ1) is 16.8. The molecule has 2 aromatic carbocycles. The second-order valence-corrected chi connectivity index (χ2v) is 4.47. The predicted octanol–water partition coefficient (Wildman–Crippen LogP) is 3.57. The fraction of sp³-hybridized carbons (Fsp3) is 0.286. The number of fused-ring (bicyclic) bond motifs is 1. The maximum absolute atomic E-state index is 12.4. The molecule has 0 amide bonds. The molecule has 0 aliphatic carbocycles. The SMILES string of the molecule is Cl.N[C@@H](C[C@@H](O)c1cccc2ccccc12)C(F)(F)F. The Morgan fingerprint density at radius 3 is 2.30 bits per heavy atom. The predicted molar refractivity (Wildman–Crippen MR) is 74.8 cm³/mol. The van der Waals surface area contributed by atoms with Crippen LogP contribution in [0.5, 0.6) is 0 Å².